The van der Waals surface area contributed by atoms with E-state index in [9.17, 15) is 18.4 Å². The monoisotopic (exact) mass is 368 g/mol. The van der Waals surface area contributed by atoms with Crippen LogP contribution >= 0.6 is 0 Å². The van der Waals surface area contributed by atoms with Crippen molar-refractivity contribution in [2.75, 3.05) is 0 Å². The summed E-state index contributed by atoms with van der Waals surface area (Å²) < 4.78 is 27.6. The first kappa shape index (κ1) is 18.0. The van der Waals surface area contributed by atoms with Gasteiger partial charge >= 0.3 is 0 Å². The fraction of sp³-hybridized carbons (Fsp3) is 0. The molecule has 27 heavy (non-hydrogen) atoms. The Morgan fingerprint density at radius 1 is 1.00 bits per heavy atom. The summed E-state index contributed by atoms with van der Waals surface area (Å²) in [6.07, 6.45) is 5.28. The maximum absolute atomic E-state index is 13.1. The molecule has 8 heteroatoms. The van der Waals surface area contributed by atoms with Gasteiger partial charge in [0, 0.05) is 11.8 Å². The smallest absolute Gasteiger partial charge is 0.288 e. The summed E-state index contributed by atoms with van der Waals surface area (Å²) in [5.41, 5.74) is 5.67. The lowest BCUT2D eigenvalue weighted by atomic mass is 10.2. The van der Waals surface area contributed by atoms with Gasteiger partial charge in [-0.3, -0.25) is 25.0 Å². The van der Waals surface area contributed by atoms with Crippen molar-refractivity contribution in [2.45, 2.75) is 0 Å². The van der Waals surface area contributed by atoms with Crippen LogP contribution in [-0.2, 0) is 4.79 Å². The molecule has 6 nitrogen and oxygen atoms in total. The molecule has 1 heterocycles. The van der Waals surface area contributed by atoms with Gasteiger partial charge in [0.15, 0.2) is 0 Å². The molecular weight excluding hydrogens is 354 g/mol. The second-order valence-corrected chi connectivity index (χ2v) is 5.46. The van der Waals surface area contributed by atoms with Crippen molar-refractivity contribution < 1.29 is 18.4 Å². The van der Waals surface area contributed by atoms with Crippen molar-refractivity contribution in [1.82, 2.24) is 20.4 Å². The highest BCUT2D eigenvalue weighted by molar-refractivity contribution is 5.97. The molecule has 0 aliphatic heterocycles. The fourth-order valence-corrected chi connectivity index (χ4v) is 2.28. The molecule has 0 radical (unpaired) electrons. The summed E-state index contributed by atoms with van der Waals surface area (Å²) in [5, 5.41) is 0. The van der Waals surface area contributed by atoms with Crippen LogP contribution in [0.25, 0.3) is 11.8 Å². The van der Waals surface area contributed by atoms with Gasteiger partial charge in [0.2, 0.25) is 0 Å². The van der Waals surface area contributed by atoms with E-state index < -0.39 is 23.4 Å². The van der Waals surface area contributed by atoms with Crippen molar-refractivity contribution in [3.8, 4) is 5.69 Å². The number of carbonyl (C=O) groups is 2. The van der Waals surface area contributed by atoms with Crippen LogP contribution in [0.2, 0.25) is 0 Å². The zero-order valence-electron chi connectivity index (χ0n) is 13.9. The maximum atomic E-state index is 13.1. The number of hydrogen-bond donors (Lipinski definition) is 2. The van der Waals surface area contributed by atoms with Gasteiger partial charge in [-0.15, -0.1) is 0 Å². The number of carbonyl (C=O) groups excluding carboxylic acids is 2. The van der Waals surface area contributed by atoms with Crippen LogP contribution < -0.4 is 10.9 Å². The van der Waals surface area contributed by atoms with E-state index in [-0.39, 0.29) is 5.69 Å². The van der Waals surface area contributed by atoms with Crippen molar-refractivity contribution in [2.24, 2.45) is 0 Å². The Kier molecular flexibility index (Phi) is 5.36. The SMILES string of the molecule is O=C(/C=C/c1cccc(F)c1)NNC(=O)c1cncn1-c1ccc(F)cc1. The largest absolute Gasteiger partial charge is 0.295 e. The minimum atomic E-state index is -0.607. The molecule has 0 atom stereocenters. The second kappa shape index (κ2) is 8.05. The van der Waals surface area contributed by atoms with Gasteiger partial charge in [-0.05, 0) is 48.0 Å². The van der Waals surface area contributed by atoms with Gasteiger partial charge in [-0.25, -0.2) is 13.8 Å². The topological polar surface area (TPSA) is 76.0 Å². The summed E-state index contributed by atoms with van der Waals surface area (Å²) in [4.78, 5) is 28.0. The van der Waals surface area contributed by atoms with Crippen LogP contribution in [-0.4, -0.2) is 21.4 Å². The Hall–Kier alpha value is -3.81. The number of nitrogens with one attached hydrogen (secondary N) is 2. The lowest BCUT2D eigenvalue weighted by Crippen LogP contribution is -2.41. The Morgan fingerprint density at radius 2 is 1.78 bits per heavy atom. The minimum absolute atomic E-state index is 0.149. The van der Waals surface area contributed by atoms with Crippen molar-refractivity contribution >= 4 is 17.9 Å². The third-order valence-corrected chi connectivity index (χ3v) is 3.55. The average molecular weight is 368 g/mol. The normalized spacial score (nSPS) is 10.7. The van der Waals surface area contributed by atoms with E-state index in [1.807, 2.05) is 0 Å². The van der Waals surface area contributed by atoms with Gasteiger partial charge in [0.1, 0.15) is 17.3 Å². The van der Waals surface area contributed by atoms with Crippen LogP contribution in [0.15, 0.2) is 67.1 Å². The molecule has 3 aromatic rings. The summed E-state index contributed by atoms with van der Waals surface area (Å²) in [6.45, 7) is 0. The highest BCUT2D eigenvalue weighted by Gasteiger charge is 2.13. The fourth-order valence-electron chi connectivity index (χ4n) is 2.28. The Bertz CT molecular complexity index is 997. The quantitative estimate of drug-likeness (QED) is 0.549. The van der Waals surface area contributed by atoms with E-state index in [0.29, 0.717) is 11.3 Å². The van der Waals surface area contributed by atoms with Crippen molar-refractivity contribution in [1.29, 1.82) is 0 Å². The molecule has 0 saturated heterocycles. The van der Waals surface area contributed by atoms with Crippen LogP contribution in [0.4, 0.5) is 8.78 Å². The zero-order valence-corrected chi connectivity index (χ0v) is 13.9. The molecule has 2 amide bonds. The van der Waals surface area contributed by atoms with Crippen LogP contribution in [0, 0.1) is 11.6 Å². The summed E-state index contributed by atoms with van der Waals surface area (Å²) in [7, 11) is 0. The number of imidazole rings is 1. The number of benzene rings is 2. The standard InChI is InChI=1S/C19H14F2N4O2/c20-14-5-7-16(8-6-14)25-12-22-11-17(25)19(27)24-23-18(26)9-4-13-2-1-3-15(21)10-13/h1-12H,(H,23,26)(H,24,27)/b9-4+. The van der Waals surface area contributed by atoms with E-state index >= 15 is 0 Å². The third-order valence-electron chi connectivity index (χ3n) is 3.55. The molecule has 0 fully saturated rings. The number of hydrazine groups is 1. The Balaban J connectivity index is 1.62. The molecular formula is C19H14F2N4O2. The molecule has 0 spiro atoms. The molecule has 1 aromatic heterocycles. The van der Waals surface area contributed by atoms with Gasteiger partial charge in [-0.2, -0.15) is 0 Å². The van der Waals surface area contributed by atoms with Gasteiger partial charge in [0.25, 0.3) is 11.8 Å². The van der Waals surface area contributed by atoms with Gasteiger partial charge in [-0.1, -0.05) is 12.1 Å². The number of halogens is 2. The van der Waals surface area contributed by atoms with Crippen LogP contribution in [0.5, 0.6) is 0 Å². The van der Waals surface area contributed by atoms with Crippen molar-refractivity contribution in [3.63, 3.8) is 0 Å². The average Bonchev–Trinajstić information content (AvgIpc) is 3.15. The summed E-state index contributed by atoms with van der Waals surface area (Å²) in [5.74, 6) is -2.02. The molecule has 0 aliphatic rings. The van der Waals surface area contributed by atoms with Gasteiger partial charge < -0.3 is 0 Å². The predicted octanol–water partition coefficient (Wildman–Crippen LogP) is 2.62. The van der Waals surface area contributed by atoms with Crippen LogP contribution in [0.3, 0.4) is 0 Å². The molecule has 0 bridgehead atoms. The number of aromatic nitrogens is 2. The zero-order chi connectivity index (χ0) is 19.2. The first-order chi connectivity index (χ1) is 13.0. The molecule has 2 N–H and O–H groups in total. The first-order valence-corrected chi connectivity index (χ1v) is 7.85. The Morgan fingerprint density at radius 3 is 2.52 bits per heavy atom. The molecule has 3 rings (SSSR count). The second-order valence-electron chi connectivity index (χ2n) is 5.46. The van der Waals surface area contributed by atoms with E-state index in [2.05, 4.69) is 15.8 Å². The lowest BCUT2D eigenvalue weighted by molar-refractivity contribution is -0.117. The van der Waals surface area contributed by atoms with E-state index in [1.54, 1.807) is 6.07 Å². The minimum Gasteiger partial charge on any atom is -0.295 e. The highest BCUT2D eigenvalue weighted by atomic mass is 19.1. The molecule has 2 aromatic carbocycles. The molecule has 0 unspecified atom stereocenters. The third kappa shape index (κ3) is 4.63. The molecule has 136 valence electrons. The number of nitrogens with zero attached hydrogens (tertiary/aromatic N) is 2. The first-order valence-electron chi connectivity index (χ1n) is 7.85. The van der Waals surface area contributed by atoms with Gasteiger partial charge in [0.05, 0.1) is 12.5 Å². The molecule has 0 saturated carbocycles. The molecule has 0 aliphatic carbocycles. The summed E-state index contributed by atoms with van der Waals surface area (Å²) in [6, 6.07) is 11.2. The van der Waals surface area contributed by atoms with E-state index in [1.165, 1.54) is 65.6 Å². The number of amides is 2. The van der Waals surface area contributed by atoms with E-state index in [4.69, 9.17) is 0 Å². The summed E-state index contributed by atoms with van der Waals surface area (Å²) >= 11 is 0. The van der Waals surface area contributed by atoms with Crippen LogP contribution in [0.1, 0.15) is 16.1 Å². The lowest BCUT2D eigenvalue weighted by Gasteiger charge is -2.09. The highest BCUT2D eigenvalue weighted by Crippen LogP contribution is 2.12. The number of rotatable bonds is 4. The Labute approximate surface area is 153 Å². The van der Waals surface area contributed by atoms with E-state index in [0.717, 1.165) is 6.08 Å². The van der Waals surface area contributed by atoms with Crippen molar-refractivity contribution in [3.05, 3.63) is 90.0 Å². The maximum Gasteiger partial charge on any atom is 0.288 e. The number of hydrogen-bond acceptors (Lipinski definition) is 3. The predicted molar refractivity (Wildman–Crippen MR) is 94.6 cm³/mol.